The van der Waals surface area contributed by atoms with Crippen LogP contribution in [0, 0.1) is 5.82 Å². The van der Waals surface area contributed by atoms with Crippen LogP contribution in [0.2, 0.25) is 0 Å². The maximum absolute atomic E-state index is 14.0. The van der Waals surface area contributed by atoms with Gasteiger partial charge in [-0.05, 0) is 35.9 Å². The maximum atomic E-state index is 14.0. The highest BCUT2D eigenvalue weighted by atomic mass is 19.1. The standard InChI is InChI=1S/C23H20FN3O6/c1-32-17-6-5-12(7-18(17)33-11-19(25)28)15-9-20(29)26-21-16(23(30)31)10-27(22(15)21)14-4-2-3-13(24)8-14/h2-8,10,15H,9,11H2,1H3,(H2,25,28)(H,26,29)(H,30,31)/t15-/m0/s1. The molecule has 0 saturated heterocycles. The van der Waals surface area contributed by atoms with Gasteiger partial charge in [-0.1, -0.05) is 12.1 Å². The van der Waals surface area contributed by atoms with Gasteiger partial charge in [0.25, 0.3) is 5.91 Å². The van der Waals surface area contributed by atoms with Crippen molar-refractivity contribution in [2.45, 2.75) is 12.3 Å². The Bertz CT molecular complexity index is 1270. The minimum atomic E-state index is -1.23. The number of aromatic carboxylic acids is 1. The van der Waals surface area contributed by atoms with Crippen molar-refractivity contribution in [2.75, 3.05) is 19.0 Å². The number of nitrogens with two attached hydrogens (primary N) is 1. The van der Waals surface area contributed by atoms with Crippen LogP contribution < -0.4 is 20.5 Å². The fourth-order valence-electron chi connectivity index (χ4n) is 3.92. The second-order valence-electron chi connectivity index (χ2n) is 7.43. The third-order valence-electron chi connectivity index (χ3n) is 5.30. The highest BCUT2D eigenvalue weighted by molar-refractivity contribution is 6.04. The number of nitrogens with zero attached hydrogens (tertiary/aromatic N) is 1. The van der Waals surface area contributed by atoms with Gasteiger partial charge >= 0.3 is 5.97 Å². The first-order valence-corrected chi connectivity index (χ1v) is 9.92. The Balaban J connectivity index is 1.89. The summed E-state index contributed by atoms with van der Waals surface area (Å²) in [5.74, 6) is -2.77. The van der Waals surface area contributed by atoms with Crippen molar-refractivity contribution >= 4 is 23.5 Å². The second-order valence-corrected chi connectivity index (χ2v) is 7.43. The van der Waals surface area contributed by atoms with Crippen LogP contribution in [0.3, 0.4) is 0 Å². The lowest BCUT2D eigenvalue weighted by molar-refractivity contribution is -0.120. The van der Waals surface area contributed by atoms with Crippen LogP contribution in [0.15, 0.2) is 48.7 Å². The molecule has 4 rings (SSSR count). The summed E-state index contributed by atoms with van der Waals surface area (Å²) >= 11 is 0. The molecule has 2 heterocycles. The number of benzene rings is 2. The van der Waals surface area contributed by atoms with E-state index < -0.39 is 23.6 Å². The highest BCUT2D eigenvalue weighted by Crippen LogP contribution is 2.43. The molecule has 1 aliphatic rings. The zero-order valence-electron chi connectivity index (χ0n) is 17.5. The summed E-state index contributed by atoms with van der Waals surface area (Å²) in [4.78, 5) is 35.6. The SMILES string of the molecule is COc1ccc([C@@H]2CC(=O)Nc3c(C(=O)O)cn(-c4cccc(F)c4)c32)cc1OCC(N)=O. The first kappa shape index (κ1) is 21.9. The smallest absolute Gasteiger partial charge is 0.339 e. The number of anilines is 1. The number of hydrogen-bond acceptors (Lipinski definition) is 5. The number of hydrogen-bond donors (Lipinski definition) is 3. The molecule has 9 nitrogen and oxygen atoms in total. The highest BCUT2D eigenvalue weighted by Gasteiger charge is 2.35. The lowest BCUT2D eigenvalue weighted by atomic mass is 9.88. The number of rotatable bonds is 7. The number of methoxy groups -OCH3 is 1. The number of carbonyl (C=O) groups is 3. The van der Waals surface area contributed by atoms with Gasteiger partial charge in [0, 0.05) is 24.2 Å². The predicted molar refractivity (Wildman–Crippen MR) is 115 cm³/mol. The van der Waals surface area contributed by atoms with Crippen LogP contribution in [0.1, 0.15) is 34.0 Å². The van der Waals surface area contributed by atoms with Crippen molar-refractivity contribution in [2.24, 2.45) is 5.73 Å². The summed E-state index contributed by atoms with van der Waals surface area (Å²) in [6.45, 7) is -0.376. The number of amides is 2. The Morgan fingerprint density at radius 3 is 2.70 bits per heavy atom. The van der Waals surface area contributed by atoms with Gasteiger partial charge in [-0.3, -0.25) is 9.59 Å². The first-order chi connectivity index (χ1) is 15.8. The van der Waals surface area contributed by atoms with E-state index in [2.05, 4.69) is 5.32 Å². The van der Waals surface area contributed by atoms with Gasteiger partial charge in [-0.2, -0.15) is 0 Å². The molecule has 2 amide bonds. The molecule has 3 aromatic rings. The number of primary amides is 1. The van der Waals surface area contributed by atoms with E-state index in [4.69, 9.17) is 15.2 Å². The number of aromatic nitrogens is 1. The Labute approximate surface area is 187 Å². The summed E-state index contributed by atoms with van der Waals surface area (Å²) in [5.41, 5.74) is 6.68. The lowest BCUT2D eigenvalue weighted by Gasteiger charge is -2.27. The van der Waals surface area contributed by atoms with Gasteiger partial charge in [-0.15, -0.1) is 0 Å². The number of ether oxygens (including phenoxy) is 2. The number of carboxylic acid groups (broad SMARTS) is 1. The van der Waals surface area contributed by atoms with Crippen molar-refractivity contribution in [3.63, 3.8) is 0 Å². The Morgan fingerprint density at radius 2 is 2.03 bits per heavy atom. The van der Waals surface area contributed by atoms with Crippen molar-refractivity contribution < 1.29 is 33.4 Å². The normalized spacial score (nSPS) is 14.8. The Morgan fingerprint density at radius 1 is 1.24 bits per heavy atom. The molecule has 0 radical (unpaired) electrons. The molecule has 0 fully saturated rings. The van der Waals surface area contributed by atoms with E-state index in [1.807, 2.05) is 0 Å². The molecule has 1 aromatic heterocycles. The topological polar surface area (TPSA) is 133 Å². The predicted octanol–water partition coefficient (Wildman–Crippen LogP) is 2.66. The van der Waals surface area contributed by atoms with Crippen molar-refractivity contribution in [3.05, 3.63) is 71.3 Å². The number of carboxylic acids is 1. The zero-order chi connectivity index (χ0) is 23.7. The Kier molecular flexibility index (Phi) is 5.74. The number of nitrogens with one attached hydrogen (secondary N) is 1. The van der Waals surface area contributed by atoms with Crippen LogP contribution in [0.25, 0.3) is 5.69 Å². The molecule has 0 spiro atoms. The Hall–Kier alpha value is -4.34. The maximum Gasteiger partial charge on any atom is 0.339 e. The van der Waals surface area contributed by atoms with Gasteiger partial charge in [0.15, 0.2) is 18.1 Å². The molecule has 10 heteroatoms. The molecule has 0 aliphatic carbocycles. The van der Waals surface area contributed by atoms with Gasteiger partial charge < -0.3 is 30.2 Å². The van der Waals surface area contributed by atoms with E-state index in [0.29, 0.717) is 22.7 Å². The summed E-state index contributed by atoms with van der Waals surface area (Å²) in [6, 6.07) is 10.6. The molecular formula is C23H20FN3O6. The monoisotopic (exact) mass is 453 g/mol. The molecule has 0 saturated carbocycles. The van der Waals surface area contributed by atoms with Gasteiger partial charge in [0.1, 0.15) is 11.4 Å². The minimum Gasteiger partial charge on any atom is -0.493 e. The molecule has 1 atom stereocenters. The number of fused-ring (bicyclic) bond motifs is 1. The quantitative estimate of drug-likeness (QED) is 0.504. The lowest BCUT2D eigenvalue weighted by Crippen LogP contribution is -2.25. The summed E-state index contributed by atoms with van der Waals surface area (Å²) in [5, 5.41) is 12.4. The van der Waals surface area contributed by atoms with E-state index in [9.17, 15) is 23.9 Å². The molecule has 170 valence electrons. The van der Waals surface area contributed by atoms with Crippen LogP contribution in [-0.4, -0.2) is 41.2 Å². The third-order valence-corrected chi connectivity index (χ3v) is 5.30. The first-order valence-electron chi connectivity index (χ1n) is 9.92. The third kappa shape index (κ3) is 4.22. The van der Waals surface area contributed by atoms with Gasteiger partial charge in [-0.25, -0.2) is 9.18 Å². The number of halogens is 1. The molecule has 1 aliphatic heterocycles. The molecule has 4 N–H and O–H groups in total. The van der Waals surface area contributed by atoms with Crippen molar-refractivity contribution in [1.82, 2.24) is 4.57 Å². The van der Waals surface area contributed by atoms with Crippen LogP contribution in [-0.2, 0) is 9.59 Å². The number of carbonyl (C=O) groups excluding carboxylic acids is 2. The fraction of sp³-hybridized carbons (Fsp3) is 0.174. The van der Waals surface area contributed by atoms with Crippen LogP contribution in [0.4, 0.5) is 10.1 Å². The molecular weight excluding hydrogens is 433 g/mol. The molecule has 0 bridgehead atoms. The molecule has 2 aromatic carbocycles. The summed E-state index contributed by atoms with van der Waals surface area (Å²) in [6.07, 6.45) is 1.36. The average Bonchev–Trinajstić information content (AvgIpc) is 3.16. The summed E-state index contributed by atoms with van der Waals surface area (Å²) < 4.78 is 26.2. The summed E-state index contributed by atoms with van der Waals surface area (Å²) in [7, 11) is 1.44. The van der Waals surface area contributed by atoms with Crippen molar-refractivity contribution in [3.8, 4) is 17.2 Å². The van der Waals surface area contributed by atoms with E-state index >= 15 is 0 Å². The van der Waals surface area contributed by atoms with Crippen LogP contribution >= 0.6 is 0 Å². The fourth-order valence-corrected chi connectivity index (χ4v) is 3.92. The second kappa shape index (κ2) is 8.65. The average molecular weight is 453 g/mol. The zero-order valence-corrected chi connectivity index (χ0v) is 17.5. The largest absolute Gasteiger partial charge is 0.493 e. The van der Waals surface area contributed by atoms with Crippen molar-refractivity contribution in [1.29, 1.82) is 0 Å². The van der Waals surface area contributed by atoms with E-state index in [0.717, 1.165) is 0 Å². The van der Waals surface area contributed by atoms with E-state index in [1.165, 1.54) is 31.5 Å². The van der Waals surface area contributed by atoms with E-state index in [-0.39, 0.29) is 35.9 Å². The molecule has 33 heavy (non-hydrogen) atoms. The minimum absolute atomic E-state index is 0.00692. The molecule has 0 unspecified atom stereocenters. The van der Waals surface area contributed by atoms with Gasteiger partial charge in [0.05, 0.1) is 18.5 Å². The van der Waals surface area contributed by atoms with Gasteiger partial charge in [0.2, 0.25) is 5.91 Å². The van der Waals surface area contributed by atoms with Crippen LogP contribution in [0.5, 0.6) is 11.5 Å². The van der Waals surface area contributed by atoms with E-state index in [1.54, 1.807) is 28.8 Å².